The zero-order valence-electron chi connectivity index (χ0n) is 13.3. The lowest BCUT2D eigenvalue weighted by atomic mass is 10.1. The third-order valence-electron chi connectivity index (χ3n) is 3.85. The largest absolute Gasteiger partial charge is 0.363 e. The number of rotatable bonds is 4. The molecule has 0 radical (unpaired) electrons. The van der Waals surface area contributed by atoms with Crippen LogP contribution in [-0.2, 0) is 6.54 Å². The van der Waals surface area contributed by atoms with Gasteiger partial charge in [0, 0.05) is 11.6 Å². The fourth-order valence-corrected chi connectivity index (χ4v) is 3.74. The molecule has 1 N–H and O–H groups in total. The summed E-state index contributed by atoms with van der Waals surface area (Å²) in [6, 6.07) is 9.93. The van der Waals surface area contributed by atoms with E-state index >= 15 is 0 Å². The number of para-hydroxylation sites is 1. The minimum Gasteiger partial charge on any atom is -0.363 e. The first-order chi connectivity index (χ1) is 11.6. The molecule has 0 bridgehead atoms. The van der Waals surface area contributed by atoms with Gasteiger partial charge >= 0.3 is 0 Å². The Kier molecular flexibility index (Phi) is 3.86. The predicted octanol–water partition coefficient (Wildman–Crippen LogP) is 4.73. The average Bonchev–Trinajstić information content (AvgIpc) is 3.15. The second-order valence-electron chi connectivity index (χ2n) is 5.88. The molecule has 0 amide bonds. The Morgan fingerprint density at radius 1 is 1.25 bits per heavy atom. The summed E-state index contributed by atoms with van der Waals surface area (Å²) in [5, 5.41) is 9.31. The quantitative estimate of drug-likeness (QED) is 0.536. The van der Waals surface area contributed by atoms with Crippen LogP contribution in [0.5, 0.6) is 0 Å². The molecule has 4 rings (SSSR count). The van der Waals surface area contributed by atoms with Crippen LogP contribution in [0.15, 0.2) is 36.5 Å². The highest BCUT2D eigenvalue weighted by molar-refractivity contribution is 7.18. The molecule has 122 valence electrons. The summed E-state index contributed by atoms with van der Waals surface area (Å²) < 4.78 is 2.99. The van der Waals surface area contributed by atoms with E-state index in [0.29, 0.717) is 17.6 Å². The van der Waals surface area contributed by atoms with Crippen molar-refractivity contribution in [3.8, 4) is 0 Å². The van der Waals surface area contributed by atoms with Gasteiger partial charge in [-0.25, -0.2) is 9.97 Å². The Hall–Kier alpha value is -2.18. The normalized spacial score (nSPS) is 11.7. The van der Waals surface area contributed by atoms with Gasteiger partial charge in [0.15, 0.2) is 5.65 Å². The molecule has 3 aromatic heterocycles. The Labute approximate surface area is 148 Å². The molecule has 5 nitrogen and oxygen atoms in total. The van der Waals surface area contributed by atoms with E-state index in [0.717, 1.165) is 27.6 Å². The van der Waals surface area contributed by atoms with Gasteiger partial charge in [-0.3, -0.25) is 0 Å². The number of benzene rings is 1. The lowest BCUT2D eigenvalue weighted by molar-refractivity contribution is 0.871. The Morgan fingerprint density at radius 3 is 2.88 bits per heavy atom. The van der Waals surface area contributed by atoms with Crippen molar-refractivity contribution in [2.24, 2.45) is 0 Å². The maximum absolute atomic E-state index is 6.20. The van der Waals surface area contributed by atoms with Crippen LogP contribution in [0.1, 0.15) is 30.3 Å². The molecule has 0 saturated heterocycles. The molecule has 3 heterocycles. The summed E-state index contributed by atoms with van der Waals surface area (Å²) in [5.74, 6) is 1.15. The van der Waals surface area contributed by atoms with E-state index < -0.39 is 0 Å². The van der Waals surface area contributed by atoms with Crippen molar-refractivity contribution in [1.82, 2.24) is 19.6 Å². The summed E-state index contributed by atoms with van der Waals surface area (Å²) in [7, 11) is 0. The maximum atomic E-state index is 6.20. The first-order valence-corrected chi connectivity index (χ1v) is 8.94. The zero-order chi connectivity index (χ0) is 16.7. The topological polar surface area (TPSA) is 55.1 Å². The maximum Gasteiger partial charge on any atom is 0.162 e. The first kappa shape index (κ1) is 15.4. The highest BCUT2D eigenvalue weighted by atomic mass is 35.5. The van der Waals surface area contributed by atoms with Crippen molar-refractivity contribution >= 4 is 44.6 Å². The van der Waals surface area contributed by atoms with Gasteiger partial charge in [-0.05, 0) is 18.1 Å². The van der Waals surface area contributed by atoms with Gasteiger partial charge in [-0.2, -0.15) is 9.61 Å². The molecule has 1 aromatic carbocycles. The van der Waals surface area contributed by atoms with Crippen molar-refractivity contribution in [1.29, 1.82) is 0 Å². The van der Waals surface area contributed by atoms with E-state index in [2.05, 4.69) is 40.3 Å². The summed E-state index contributed by atoms with van der Waals surface area (Å²) >= 11 is 7.88. The van der Waals surface area contributed by atoms with E-state index in [-0.39, 0.29) is 0 Å². The van der Waals surface area contributed by atoms with Gasteiger partial charge in [0.1, 0.15) is 16.0 Å². The summed E-state index contributed by atoms with van der Waals surface area (Å²) in [6.45, 7) is 4.85. The van der Waals surface area contributed by atoms with Crippen LogP contribution in [0.4, 0.5) is 5.82 Å². The number of fused-ring (bicyclic) bond motifs is 2. The van der Waals surface area contributed by atoms with E-state index in [9.17, 15) is 0 Å². The van der Waals surface area contributed by atoms with Crippen LogP contribution in [0.2, 0.25) is 5.15 Å². The number of nitrogens with zero attached hydrogens (tertiary/aromatic N) is 4. The number of hydrogen-bond donors (Lipinski definition) is 1. The molecular formula is C17H16ClN5S. The van der Waals surface area contributed by atoms with E-state index in [1.165, 1.54) is 4.70 Å². The third-order valence-corrected chi connectivity index (χ3v) is 5.08. The van der Waals surface area contributed by atoms with Crippen LogP contribution < -0.4 is 5.32 Å². The lowest BCUT2D eigenvalue weighted by Gasteiger charge is -2.08. The molecular weight excluding hydrogens is 342 g/mol. The third kappa shape index (κ3) is 2.72. The molecule has 0 fully saturated rings. The van der Waals surface area contributed by atoms with Crippen LogP contribution in [-0.4, -0.2) is 19.6 Å². The van der Waals surface area contributed by atoms with Crippen molar-refractivity contribution in [3.05, 3.63) is 52.3 Å². The molecule has 0 spiro atoms. The second-order valence-corrected chi connectivity index (χ2v) is 7.39. The number of hydrogen-bond acceptors (Lipinski definition) is 5. The van der Waals surface area contributed by atoms with Crippen LogP contribution >= 0.6 is 22.9 Å². The zero-order valence-corrected chi connectivity index (χ0v) is 14.9. The first-order valence-electron chi connectivity index (χ1n) is 7.74. The standard InChI is InChI=1S/C17H16ClN5S/c1-10(2)11-8-20-23-15(7-14(18)22-17(11)23)19-9-16-21-12-5-3-4-6-13(12)24-16/h3-8,10,19H,9H2,1-2H3. The van der Waals surface area contributed by atoms with Crippen molar-refractivity contribution < 1.29 is 0 Å². The average molecular weight is 358 g/mol. The monoisotopic (exact) mass is 357 g/mol. The van der Waals surface area contributed by atoms with Crippen LogP contribution in [0.3, 0.4) is 0 Å². The van der Waals surface area contributed by atoms with Gasteiger partial charge in [0.25, 0.3) is 0 Å². The number of halogens is 1. The minimum atomic E-state index is 0.338. The Bertz CT molecular complexity index is 987. The molecule has 0 saturated carbocycles. The number of anilines is 1. The van der Waals surface area contributed by atoms with E-state index in [1.807, 2.05) is 24.4 Å². The summed E-state index contributed by atoms with van der Waals surface area (Å²) in [4.78, 5) is 9.06. The summed E-state index contributed by atoms with van der Waals surface area (Å²) in [6.07, 6.45) is 1.85. The molecule has 0 aliphatic carbocycles. The molecule has 0 aliphatic rings. The molecule has 0 unspecified atom stereocenters. The molecule has 24 heavy (non-hydrogen) atoms. The number of thiazole rings is 1. The lowest BCUT2D eigenvalue weighted by Crippen LogP contribution is -2.06. The summed E-state index contributed by atoms with van der Waals surface area (Å²) in [5.41, 5.74) is 2.91. The van der Waals surface area contributed by atoms with Crippen molar-refractivity contribution in [2.45, 2.75) is 26.3 Å². The highest BCUT2D eigenvalue weighted by Gasteiger charge is 2.13. The van der Waals surface area contributed by atoms with Gasteiger partial charge in [-0.1, -0.05) is 37.6 Å². The van der Waals surface area contributed by atoms with Crippen LogP contribution in [0.25, 0.3) is 15.9 Å². The fraction of sp³-hybridized carbons (Fsp3) is 0.235. The highest BCUT2D eigenvalue weighted by Crippen LogP contribution is 2.25. The van der Waals surface area contributed by atoms with Gasteiger partial charge < -0.3 is 5.32 Å². The molecule has 7 heteroatoms. The molecule has 4 aromatic rings. The van der Waals surface area contributed by atoms with E-state index in [4.69, 9.17) is 11.6 Å². The SMILES string of the molecule is CC(C)c1cnn2c(NCc3nc4ccccc4s3)cc(Cl)nc12. The minimum absolute atomic E-state index is 0.338. The van der Waals surface area contributed by atoms with Crippen molar-refractivity contribution in [3.63, 3.8) is 0 Å². The Morgan fingerprint density at radius 2 is 2.08 bits per heavy atom. The Balaban J connectivity index is 1.66. The smallest absolute Gasteiger partial charge is 0.162 e. The predicted molar refractivity (Wildman–Crippen MR) is 99.0 cm³/mol. The second kappa shape index (κ2) is 6.03. The van der Waals surface area contributed by atoms with Gasteiger partial charge in [-0.15, -0.1) is 11.3 Å². The van der Waals surface area contributed by atoms with Gasteiger partial charge in [0.2, 0.25) is 0 Å². The molecule has 0 atom stereocenters. The van der Waals surface area contributed by atoms with Crippen LogP contribution in [0, 0.1) is 0 Å². The number of nitrogens with one attached hydrogen (secondary N) is 1. The van der Waals surface area contributed by atoms with Crippen molar-refractivity contribution in [2.75, 3.05) is 5.32 Å². The fourth-order valence-electron chi connectivity index (χ4n) is 2.65. The van der Waals surface area contributed by atoms with Gasteiger partial charge in [0.05, 0.1) is 23.0 Å². The van der Waals surface area contributed by atoms with E-state index in [1.54, 1.807) is 21.9 Å². The number of aromatic nitrogens is 4. The molecule has 0 aliphatic heterocycles.